The van der Waals surface area contributed by atoms with Gasteiger partial charge in [-0.2, -0.15) is 0 Å². The Balaban J connectivity index is 2.30. The Morgan fingerprint density at radius 1 is 1.00 bits per heavy atom. The molecule has 0 saturated heterocycles. The summed E-state index contributed by atoms with van der Waals surface area (Å²) in [6, 6.07) is 3.98. The van der Waals surface area contributed by atoms with Gasteiger partial charge in [0.2, 0.25) is 0 Å². The first kappa shape index (κ1) is 15.4. The maximum atomic E-state index is 13.6. The van der Waals surface area contributed by atoms with E-state index < -0.39 is 11.6 Å². The van der Waals surface area contributed by atoms with E-state index in [2.05, 4.69) is 26.1 Å². The molecule has 0 heterocycles. The lowest BCUT2D eigenvalue weighted by Gasteiger charge is -2.40. The molecule has 0 atom stereocenters. The minimum Gasteiger partial charge on any atom is -0.311 e. The Bertz CT molecular complexity index is 436. The van der Waals surface area contributed by atoms with Crippen molar-refractivity contribution in [3.05, 3.63) is 35.4 Å². The van der Waals surface area contributed by atoms with E-state index in [0.29, 0.717) is 0 Å². The third kappa shape index (κ3) is 3.78. The lowest BCUT2D eigenvalue weighted by molar-refractivity contribution is 0.252. The molecule has 1 fully saturated rings. The molecule has 1 nitrogen and oxygen atoms in total. The van der Waals surface area contributed by atoms with E-state index in [1.54, 1.807) is 0 Å². The molecule has 1 N–H and O–H groups in total. The van der Waals surface area contributed by atoms with Gasteiger partial charge in [0, 0.05) is 23.6 Å². The molecule has 0 spiro atoms. The van der Waals surface area contributed by atoms with Crippen LogP contribution < -0.4 is 5.32 Å². The van der Waals surface area contributed by atoms with Crippen LogP contribution in [0, 0.1) is 11.6 Å². The van der Waals surface area contributed by atoms with Crippen LogP contribution >= 0.6 is 0 Å². The van der Waals surface area contributed by atoms with E-state index in [1.807, 2.05) is 0 Å². The summed E-state index contributed by atoms with van der Waals surface area (Å²) in [5.41, 5.74) is 0.691. The fourth-order valence-electron chi connectivity index (χ4n) is 3.09. The molecule has 0 unspecified atom stereocenters. The van der Waals surface area contributed by atoms with Crippen LogP contribution in [0.25, 0.3) is 0 Å². The van der Waals surface area contributed by atoms with Crippen LogP contribution in [0.2, 0.25) is 0 Å². The highest BCUT2D eigenvalue weighted by atomic mass is 19.1. The van der Waals surface area contributed by atoms with Crippen molar-refractivity contribution >= 4 is 0 Å². The van der Waals surface area contributed by atoms with Crippen molar-refractivity contribution in [3.8, 4) is 0 Å². The summed E-state index contributed by atoms with van der Waals surface area (Å²) in [6.45, 7) is 7.14. The van der Waals surface area contributed by atoms with Gasteiger partial charge in [0.25, 0.3) is 0 Å². The highest BCUT2D eigenvalue weighted by Crippen LogP contribution is 2.39. The second kappa shape index (κ2) is 5.80. The summed E-state index contributed by atoms with van der Waals surface area (Å²) in [6.07, 6.45) is 5.47. The van der Waals surface area contributed by atoms with E-state index in [1.165, 1.54) is 18.6 Å². The van der Waals surface area contributed by atoms with Crippen molar-refractivity contribution in [2.24, 2.45) is 0 Å². The maximum absolute atomic E-state index is 13.6. The van der Waals surface area contributed by atoms with Gasteiger partial charge in [0.1, 0.15) is 11.6 Å². The average molecular weight is 281 g/mol. The van der Waals surface area contributed by atoms with Crippen LogP contribution in [0.1, 0.15) is 58.4 Å². The van der Waals surface area contributed by atoms with Crippen LogP contribution in [0.3, 0.4) is 0 Å². The number of benzene rings is 1. The van der Waals surface area contributed by atoms with Crippen molar-refractivity contribution in [2.45, 2.75) is 63.8 Å². The van der Waals surface area contributed by atoms with Gasteiger partial charge in [-0.1, -0.05) is 19.3 Å². The van der Waals surface area contributed by atoms with Crippen molar-refractivity contribution in [1.29, 1.82) is 0 Å². The van der Waals surface area contributed by atoms with Gasteiger partial charge in [-0.05, 0) is 51.3 Å². The molecule has 112 valence electrons. The molecule has 0 radical (unpaired) electrons. The van der Waals surface area contributed by atoms with Crippen LogP contribution in [-0.4, -0.2) is 12.1 Å². The van der Waals surface area contributed by atoms with Crippen molar-refractivity contribution < 1.29 is 8.78 Å². The SMILES string of the molecule is CC(C)(C)NCC1(c2cc(F)cc(F)c2)CCCCC1. The average Bonchev–Trinajstić information content (AvgIpc) is 2.35. The van der Waals surface area contributed by atoms with Crippen molar-refractivity contribution in [3.63, 3.8) is 0 Å². The van der Waals surface area contributed by atoms with Crippen LogP contribution in [0.15, 0.2) is 18.2 Å². The standard InChI is InChI=1S/C17H25F2N/c1-16(2,3)20-12-17(7-5-4-6-8-17)13-9-14(18)11-15(19)10-13/h9-11,20H,4-8,12H2,1-3H3. The summed E-state index contributed by atoms with van der Waals surface area (Å²) >= 11 is 0. The van der Waals surface area contributed by atoms with E-state index in [4.69, 9.17) is 0 Å². The summed E-state index contributed by atoms with van der Waals surface area (Å²) < 4.78 is 27.1. The number of hydrogen-bond donors (Lipinski definition) is 1. The summed E-state index contributed by atoms with van der Waals surface area (Å²) in [7, 11) is 0. The number of halogens is 2. The van der Waals surface area contributed by atoms with Crippen molar-refractivity contribution in [1.82, 2.24) is 5.32 Å². The maximum Gasteiger partial charge on any atom is 0.126 e. The number of rotatable bonds is 3. The first-order chi connectivity index (χ1) is 9.31. The van der Waals surface area contributed by atoms with Crippen LogP contribution in [0.5, 0.6) is 0 Å². The topological polar surface area (TPSA) is 12.0 Å². The quantitative estimate of drug-likeness (QED) is 0.856. The zero-order chi connectivity index (χ0) is 14.8. The zero-order valence-corrected chi connectivity index (χ0v) is 12.7. The predicted octanol–water partition coefficient (Wildman–Crippen LogP) is 4.55. The van der Waals surface area contributed by atoms with Gasteiger partial charge in [-0.3, -0.25) is 0 Å². The molecule has 2 rings (SSSR count). The van der Waals surface area contributed by atoms with Gasteiger partial charge in [-0.25, -0.2) is 8.78 Å². The molecule has 3 heteroatoms. The fraction of sp³-hybridized carbons (Fsp3) is 0.647. The monoisotopic (exact) mass is 281 g/mol. The zero-order valence-electron chi connectivity index (χ0n) is 12.7. The fourth-order valence-corrected chi connectivity index (χ4v) is 3.09. The lowest BCUT2D eigenvalue weighted by atomic mass is 9.69. The minimum absolute atomic E-state index is 0.0102. The van der Waals surface area contributed by atoms with E-state index >= 15 is 0 Å². The van der Waals surface area contributed by atoms with Gasteiger partial charge in [0.05, 0.1) is 0 Å². The Kier molecular flexibility index (Phi) is 4.48. The third-order valence-electron chi connectivity index (χ3n) is 4.24. The summed E-state index contributed by atoms with van der Waals surface area (Å²) in [5, 5.41) is 3.52. The highest BCUT2D eigenvalue weighted by Gasteiger charge is 2.35. The molecule has 1 aliphatic rings. The van der Waals surface area contributed by atoms with Crippen molar-refractivity contribution in [2.75, 3.05) is 6.54 Å². The molecule has 1 aromatic rings. The van der Waals surface area contributed by atoms with Gasteiger partial charge < -0.3 is 5.32 Å². The summed E-state index contributed by atoms with van der Waals surface area (Å²) in [5.74, 6) is -0.943. The van der Waals surface area contributed by atoms with E-state index in [9.17, 15) is 8.78 Å². The second-order valence-electron chi connectivity index (χ2n) is 7.10. The molecule has 1 aromatic carbocycles. The normalized spacial score (nSPS) is 19.1. The summed E-state index contributed by atoms with van der Waals surface area (Å²) in [4.78, 5) is 0. The molecule has 20 heavy (non-hydrogen) atoms. The van der Waals surface area contributed by atoms with Crippen LogP contribution in [0.4, 0.5) is 8.78 Å². The smallest absolute Gasteiger partial charge is 0.126 e. The molecule has 0 amide bonds. The first-order valence-electron chi connectivity index (χ1n) is 7.52. The lowest BCUT2D eigenvalue weighted by Crippen LogP contribution is -2.47. The third-order valence-corrected chi connectivity index (χ3v) is 4.24. The molecular weight excluding hydrogens is 256 g/mol. The van der Waals surface area contributed by atoms with Gasteiger partial charge in [0.15, 0.2) is 0 Å². The molecular formula is C17H25F2N. The van der Waals surface area contributed by atoms with E-state index in [0.717, 1.165) is 43.9 Å². The predicted molar refractivity (Wildman–Crippen MR) is 78.9 cm³/mol. The molecule has 0 bridgehead atoms. The first-order valence-corrected chi connectivity index (χ1v) is 7.52. The van der Waals surface area contributed by atoms with E-state index in [-0.39, 0.29) is 11.0 Å². The number of nitrogens with one attached hydrogen (secondary N) is 1. The highest BCUT2D eigenvalue weighted by molar-refractivity contribution is 5.28. The Hall–Kier alpha value is -0.960. The Morgan fingerprint density at radius 2 is 1.55 bits per heavy atom. The number of hydrogen-bond acceptors (Lipinski definition) is 1. The van der Waals surface area contributed by atoms with Gasteiger partial charge >= 0.3 is 0 Å². The Labute approximate surface area is 120 Å². The molecule has 0 aromatic heterocycles. The second-order valence-corrected chi connectivity index (χ2v) is 7.10. The van der Waals surface area contributed by atoms with Gasteiger partial charge in [-0.15, -0.1) is 0 Å². The molecule has 0 aliphatic heterocycles. The minimum atomic E-state index is -0.472. The Morgan fingerprint density at radius 3 is 2.05 bits per heavy atom. The molecule has 1 aliphatic carbocycles. The molecule has 1 saturated carbocycles. The van der Waals surface area contributed by atoms with Crippen LogP contribution in [-0.2, 0) is 5.41 Å². The largest absolute Gasteiger partial charge is 0.311 e.